The van der Waals surface area contributed by atoms with Crippen LogP contribution in [0.3, 0.4) is 0 Å². The van der Waals surface area contributed by atoms with Crippen LogP contribution >= 0.6 is 0 Å². The van der Waals surface area contributed by atoms with Crippen LogP contribution in [0.1, 0.15) is 16.7 Å². The molecule has 0 aliphatic carbocycles. The van der Waals surface area contributed by atoms with E-state index in [1.165, 1.54) is 17.0 Å². The summed E-state index contributed by atoms with van der Waals surface area (Å²) < 4.78 is 34.4. The molecule has 1 N–H and O–H groups in total. The Morgan fingerprint density at radius 1 is 1.11 bits per heavy atom. The largest absolute Gasteiger partial charge is 0.463 e. The number of furan rings is 1. The van der Waals surface area contributed by atoms with Crippen molar-refractivity contribution in [2.45, 2.75) is 32.2 Å². The minimum atomic E-state index is -3.69. The van der Waals surface area contributed by atoms with Crippen LogP contribution in [0.15, 0.2) is 56.8 Å². The Bertz CT molecular complexity index is 1090. The molecule has 3 aromatic rings. The zero-order valence-electron chi connectivity index (χ0n) is 15.4. The van der Waals surface area contributed by atoms with Crippen LogP contribution in [0.2, 0.25) is 0 Å². The fraction of sp³-hybridized carbons (Fsp3) is 0.263. The van der Waals surface area contributed by atoms with Crippen molar-refractivity contribution in [3.8, 4) is 11.5 Å². The maximum absolute atomic E-state index is 12.7. The Morgan fingerprint density at radius 2 is 1.81 bits per heavy atom. The lowest BCUT2D eigenvalue weighted by Gasteiger charge is -2.13. The molecule has 0 unspecified atom stereocenters. The average molecular weight is 387 g/mol. The zero-order chi connectivity index (χ0) is 19.6. The molecule has 3 rings (SSSR count). The van der Waals surface area contributed by atoms with Gasteiger partial charge in [-0.3, -0.25) is 4.79 Å². The zero-order valence-corrected chi connectivity index (χ0v) is 16.2. The summed E-state index contributed by atoms with van der Waals surface area (Å²) in [5.74, 6) is 0.537. The highest BCUT2D eigenvalue weighted by Gasteiger charge is 2.19. The molecule has 1 aromatic carbocycles. The van der Waals surface area contributed by atoms with E-state index in [0.29, 0.717) is 22.6 Å². The molecule has 0 amide bonds. The molecule has 2 aromatic heterocycles. The number of nitrogens with zero attached hydrogens (tertiary/aromatic N) is 2. The van der Waals surface area contributed by atoms with Crippen LogP contribution in [0.5, 0.6) is 0 Å². The first kappa shape index (κ1) is 19.1. The van der Waals surface area contributed by atoms with Crippen LogP contribution in [-0.4, -0.2) is 24.7 Å². The van der Waals surface area contributed by atoms with E-state index in [4.69, 9.17) is 4.42 Å². The predicted molar refractivity (Wildman–Crippen MR) is 102 cm³/mol. The lowest BCUT2D eigenvalue weighted by Crippen LogP contribution is -2.32. The van der Waals surface area contributed by atoms with Gasteiger partial charge in [0.15, 0.2) is 5.76 Å². The topological polar surface area (TPSA) is 94.2 Å². The normalized spacial score (nSPS) is 11.7. The number of sulfonamides is 1. The summed E-state index contributed by atoms with van der Waals surface area (Å²) in [4.78, 5) is 12.3. The summed E-state index contributed by atoms with van der Waals surface area (Å²) in [6, 6.07) is 10.1. The number of hydrogen-bond donors (Lipinski definition) is 1. The van der Waals surface area contributed by atoms with Crippen molar-refractivity contribution in [2.75, 3.05) is 6.54 Å². The molecule has 0 bridgehead atoms. The first-order valence-electron chi connectivity index (χ1n) is 8.47. The highest BCUT2D eigenvalue weighted by molar-refractivity contribution is 7.89. The highest BCUT2D eigenvalue weighted by Crippen LogP contribution is 2.21. The summed E-state index contributed by atoms with van der Waals surface area (Å²) in [7, 11) is -3.69. The second-order valence-corrected chi connectivity index (χ2v) is 8.09. The lowest BCUT2D eigenvalue weighted by molar-refractivity contribution is 0.539. The first-order valence-corrected chi connectivity index (χ1v) is 9.96. The molecule has 0 aliphatic rings. The standard InChI is InChI=1S/C19H21N3O4S/c1-13-11-14(2)19(15(3)12-13)27(24,25)20-8-9-22-18(23)7-6-16(21-22)17-5-4-10-26-17/h4-7,10-12,20H,8-9H2,1-3H3. The molecule has 142 valence electrons. The molecule has 0 saturated carbocycles. The molecule has 8 heteroatoms. The summed E-state index contributed by atoms with van der Waals surface area (Å²) >= 11 is 0. The van der Waals surface area contributed by atoms with Gasteiger partial charge in [-0.05, 0) is 50.1 Å². The van der Waals surface area contributed by atoms with Gasteiger partial charge in [0.1, 0.15) is 5.69 Å². The second kappa shape index (κ2) is 7.50. The minimum absolute atomic E-state index is 0.0452. The van der Waals surface area contributed by atoms with Gasteiger partial charge in [-0.15, -0.1) is 0 Å². The third-order valence-corrected chi connectivity index (χ3v) is 5.89. The number of aryl methyl sites for hydroxylation is 3. The maximum atomic E-state index is 12.7. The van der Waals surface area contributed by atoms with Crippen LogP contribution in [0, 0.1) is 20.8 Å². The second-order valence-electron chi connectivity index (χ2n) is 6.38. The van der Waals surface area contributed by atoms with Crippen molar-refractivity contribution in [3.05, 3.63) is 69.7 Å². The van der Waals surface area contributed by atoms with Crippen molar-refractivity contribution in [3.63, 3.8) is 0 Å². The third kappa shape index (κ3) is 4.17. The molecule has 0 aliphatic heterocycles. The van der Waals surface area contributed by atoms with Gasteiger partial charge >= 0.3 is 0 Å². The van der Waals surface area contributed by atoms with Crippen LogP contribution in [0.4, 0.5) is 0 Å². The van der Waals surface area contributed by atoms with Gasteiger partial charge in [0.25, 0.3) is 5.56 Å². The molecule has 0 radical (unpaired) electrons. The van der Waals surface area contributed by atoms with Crippen molar-refractivity contribution in [1.29, 1.82) is 0 Å². The first-order chi connectivity index (χ1) is 12.8. The van der Waals surface area contributed by atoms with E-state index in [9.17, 15) is 13.2 Å². The van der Waals surface area contributed by atoms with Crippen molar-refractivity contribution in [2.24, 2.45) is 0 Å². The number of benzene rings is 1. The quantitative estimate of drug-likeness (QED) is 0.701. The molecule has 2 heterocycles. The van der Waals surface area contributed by atoms with Crippen molar-refractivity contribution < 1.29 is 12.8 Å². The molecule has 0 spiro atoms. The number of aromatic nitrogens is 2. The van der Waals surface area contributed by atoms with Gasteiger partial charge in [0.2, 0.25) is 10.0 Å². The summed E-state index contributed by atoms with van der Waals surface area (Å²) in [6.45, 7) is 5.62. The average Bonchev–Trinajstić information content (AvgIpc) is 3.09. The van der Waals surface area contributed by atoms with Gasteiger partial charge in [-0.2, -0.15) is 5.10 Å². The third-order valence-electron chi connectivity index (χ3n) is 4.13. The van der Waals surface area contributed by atoms with Gasteiger partial charge in [0.05, 0.1) is 17.7 Å². The molecule has 0 atom stereocenters. The molecular formula is C19H21N3O4S. The van der Waals surface area contributed by atoms with E-state index in [-0.39, 0.29) is 23.5 Å². The number of rotatable bonds is 6. The molecule has 0 fully saturated rings. The molecule has 0 saturated heterocycles. The van der Waals surface area contributed by atoms with Crippen molar-refractivity contribution >= 4 is 10.0 Å². The van der Waals surface area contributed by atoms with E-state index in [2.05, 4.69) is 9.82 Å². The highest BCUT2D eigenvalue weighted by atomic mass is 32.2. The van der Waals surface area contributed by atoms with E-state index in [0.717, 1.165) is 5.56 Å². The van der Waals surface area contributed by atoms with Gasteiger partial charge in [-0.25, -0.2) is 17.8 Å². The summed E-state index contributed by atoms with van der Waals surface area (Å²) in [5, 5.41) is 4.23. The maximum Gasteiger partial charge on any atom is 0.266 e. The van der Waals surface area contributed by atoms with Gasteiger partial charge in [0, 0.05) is 12.6 Å². The Labute approximate surface area is 157 Å². The fourth-order valence-electron chi connectivity index (χ4n) is 3.11. The van der Waals surface area contributed by atoms with Crippen LogP contribution in [-0.2, 0) is 16.6 Å². The van der Waals surface area contributed by atoms with E-state index < -0.39 is 10.0 Å². The summed E-state index contributed by atoms with van der Waals surface area (Å²) in [6.07, 6.45) is 1.52. The minimum Gasteiger partial charge on any atom is -0.463 e. The smallest absolute Gasteiger partial charge is 0.266 e. The van der Waals surface area contributed by atoms with Crippen LogP contribution in [0.25, 0.3) is 11.5 Å². The Hall–Kier alpha value is -2.71. The molecule has 7 nitrogen and oxygen atoms in total. The fourth-order valence-corrected chi connectivity index (χ4v) is 4.58. The summed E-state index contributed by atoms with van der Waals surface area (Å²) in [5.41, 5.74) is 2.58. The molecular weight excluding hydrogens is 366 g/mol. The number of hydrogen-bond acceptors (Lipinski definition) is 5. The van der Waals surface area contributed by atoms with Gasteiger partial charge < -0.3 is 4.42 Å². The lowest BCUT2D eigenvalue weighted by atomic mass is 10.1. The van der Waals surface area contributed by atoms with E-state index >= 15 is 0 Å². The van der Waals surface area contributed by atoms with Crippen LogP contribution < -0.4 is 10.3 Å². The predicted octanol–water partition coefficient (Wildman–Crippen LogP) is 2.41. The van der Waals surface area contributed by atoms with Gasteiger partial charge in [-0.1, -0.05) is 17.7 Å². The SMILES string of the molecule is Cc1cc(C)c(S(=O)(=O)NCCn2nc(-c3ccco3)ccc2=O)c(C)c1. The van der Waals surface area contributed by atoms with Crippen molar-refractivity contribution in [1.82, 2.24) is 14.5 Å². The van der Waals surface area contributed by atoms with E-state index in [1.807, 2.05) is 19.1 Å². The molecule has 27 heavy (non-hydrogen) atoms. The Balaban J connectivity index is 1.77. The number of nitrogens with one attached hydrogen (secondary N) is 1. The Kier molecular flexibility index (Phi) is 5.29. The monoisotopic (exact) mass is 387 g/mol. The van der Waals surface area contributed by atoms with E-state index in [1.54, 1.807) is 32.0 Å². The Morgan fingerprint density at radius 3 is 2.44 bits per heavy atom.